The highest BCUT2D eigenvalue weighted by Crippen LogP contribution is 2.45. The van der Waals surface area contributed by atoms with E-state index >= 15 is 0 Å². The van der Waals surface area contributed by atoms with E-state index in [9.17, 15) is 10.1 Å². The first kappa shape index (κ1) is 31.9. The second-order valence-electron chi connectivity index (χ2n) is 11.2. The van der Waals surface area contributed by atoms with Crippen LogP contribution in [-0.4, -0.2) is 12.6 Å². The molecule has 2 heterocycles. The minimum Gasteiger partial charge on any atom is -0.490 e. The molecule has 0 saturated carbocycles. The molecule has 0 amide bonds. The second-order valence-corrected chi connectivity index (χ2v) is 12.0. The lowest BCUT2D eigenvalue weighted by Crippen LogP contribution is -2.21. The number of benzene rings is 4. The first-order valence-corrected chi connectivity index (χ1v) is 15.6. The monoisotopic (exact) mass is 668 g/mol. The maximum Gasteiger partial charge on any atom is 0.379 e. The molecule has 0 radical (unpaired) electrons. The third-order valence-corrected chi connectivity index (χ3v) is 8.54. The summed E-state index contributed by atoms with van der Waals surface area (Å²) < 4.78 is 29.5. The van der Waals surface area contributed by atoms with Crippen LogP contribution in [0.15, 0.2) is 82.6 Å². The van der Waals surface area contributed by atoms with Crippen LogP contribution in [0.3, 0.4) is 0 Å². The van der Waals surface area contributed by atoms with Crippen molar-refractivity contribution < 1.29 is 28.2 Å². The van der Waals surface area contributed by atoms with E-state index in [4.69, 9.17) is 52.3 Å². The van der Waals surface area contributed by atoms with Gasteiger partial charge in [0.1, 0.15) is 35.3 Å². The molecule has 0 fully saturated rings. The highest BCUT2D eigenvalue weighted by Gasteiger charge is 2.32. The number of carbonyl (C=O) groups excluding carboxylic acids is 1. The number of fused-ring (bicyclic) bond motifs is 2. The predicted molar refractivity (Wildman–Crippen MR) is 180 cm³/mol. The summed E-state index contributed by atoms with van der Waals surface area (Å²) in [6.07, 6.45) is 0. The number of esters is 1. The van der Waals surface area contributed by atoms with Gasteiger partial charge in [0.2, 0.25) is 11.6 Å². The average molecular weight is 670 g/mol. The van der Waals surface area contributed by atoms with Crippen LogP contribution in [0.1, 0.15) is 56.8 Å². The van der Waals surface area contributed by atoms with Crippen molar-refractivity contribution in [2.24, 2.45) is 5.73 Å². The van der Waals surface area contributed by atoms with Crippen molar-refractivity contribution in [2.45, 2.75) is 40.2 Å². The quantitative estimate of drug-likeness (QED) is 0.128. The maximum atomic E-state index is 13.3. The van der Waals surface area contributed by atoms with E-state index in [1.54, 1.807) is 42.5 Å². The van der Waals surface area contributed by atoms with E-state index in [1.807, 2.05) is 52.0 Å². The number of rotatable bonds is 8. The fourth-order valence-electron chi connectivity index (χ4n) is 5.87. The number of nitrogens with two attached hydrogens (primary N) is 1. The summed E-state index contributed by atoms with van der Waals surface area (Å²) in [5.74, 6) is 0.406. The van der Waals surface area contributed by atoms with E-state index in [0.29, 0.717) is 50.6 Å². The molecule has 1 aliphatic rings. The van der Waals surface area contributed by atoms with Crippen LogP contribution in [0, 0.1) is 32.1 Å². The molecular formula is C37H30Cl2N2O6. The van der Waals surface area contributed by atoms with Crippen LogP contribution in [-0.2, 0) is 6.61 Å². The van der Waals surface area contributed by atoms with Crippen LogP contribution < -0.4 is 24.7 Å². The summed E-state index contributed by atoms with van der Waals surface area (Å²) in [5, 5.41) is 12.0. The number of halogens is 2. The number of ether oxygens (including phenoxy) is 4. The molecule has 238 valence electrons. The molecule has 0 bridgehead atoms. The van der Waals surface area contributed by atoms with E-state index in [0.717, 1.165) is 27.6 Å². The van der Waals surface area contributed by atoms with Crippen molar-refractivity contribution in [3.05, 3.63) is 127 Å². The smallest absolute Gasteiger partial charge is 0.379 e. The van der Waals surface area contributed by atoms with Crippen molar-refractivity contribution >= 4 is 40.1 Å². The lowest BCUT2D eigenvalue weighted by Gasteiger charge is -2.27. The Morgan fingerprint density at radius 3 is 2.53 bits per heavy atom. The number of hydrogen-bond acceptors (Lipinski definition) is 8. The number of hydrogen-bond donors (Lipinski definition) is 1. The first-order valence-electron chi connectivity index (χ1n) is 14.9. The SMILES string of the molecule is CCOc1cc(C2C(C#N)=C(N)Oc3cc(OC(=O)c4oc5cc(C)cc(C)c5c4C)ccc32)ccc1OCc1ccc(Cl)cc1Cl. The molecule has 1 atom stereocenters. The van der Waals surface area contributed by atoms with Gasteiger partial charge in [-0.15, -0.1) is 0 Å². The Labute approximate surface area is 281 Å². The summed E-state index contributed by atoms with van der Waals surface area (Å²) in [6, 6.07) is 21.7. The van der Waals surface area contributed by atoms with Gasteiger partial charge in [0.05, 0.1) is 12.5 Å². The number of nitriles is 1. The zero-order valence-electron chi connectivity index (χ0n) is 26.1. The normalized spacial score (nSPS) is 13.9. The molecule has 1 aromatic heterocycles. The number of carbonyl (C=O) groups is 1. The number of aryl methyl sites for hydroxylation is 3. The Bertz CT molecular complexity index is 2130. The van der Waals surface area contributed by atoms with Crippen molar-refractivity contribution in [1.82, 2.24) is 0 Å². The average Bonchev–Trinajstić information content (AvgIpc) is 3.36. The van der Waals surface area contributed by atoms with Crippen LogP contribution in [0.4, 0.5) is 0 Å². The van der Waals surface area contributed by atoms with Gasteiger partial charge in [0, 0.05) is 38.2 Å². The highest BCUT2D eigenvalue weighted by molar-refractivity contribution is 6.35. The predicted octanol–water partition coefficient (Wildman–Crippen LogP) is 9.08. The summed E-state index contributed by atoms with van der Waals surface area (Å²) in [6.45, 7) is 8.23. The molecule has 0 aliphatic carbocycles. The molecule has 2 N–H and O–H groups in total. The number of nitrogens with zero attached hydrogens (tertiary/aromatic N) is 1. The summed E-state index contributed by atoms with van der Waals surface area (Å²) in [7, 11) is 0. The van der Waals surface area contributed by atoms with Gasteiger partial charge >= 0.3 is 5.97 Å². The van der Waals surface area contributed by atoms with Crippen molar-refractivity contribution in [2.75, 3.05) is 6.61 Å². The fraction of sp³-hybridized carbons (Fsp3) is 0.189. The molecule has 0 saturated heterocycles. The van der Waals surface area contributed by atoms with Crippen LogP contribution in [0.2, 0.25) is 10.0 Å². The molecule has 1 unspecified atom stereocenters. The minimum absolute atomic E-state index is 0.0527. The zero-order valence-corrected chi connectivity index (χ0v) is 27.6. The Hall–Kier alpha value is -5.10. The van der Waals surface area contributed by atoms with Gasteiger partial charge in [-0.25, -0.2) is 4.79 Å². The summed E-state index contributed by atoms with van der Waals surface area (Å²) >= 11 is 12.4. The van der Waals surface area contributed by atoms with Crippen molar-refractivity contribution in [3.63, 3.8) is 0 Å². The van der Waals surface area contributed by atoms with E-state index in [1.165, 1.54) is 0 Å². The van der Waals surface area contributed by atoms with E-state index < -0.39 is 11.9 Å². The Morgan fingerprint density at radius 1 is 0.979 bits per heavy atom. The zero-order chi connectivity index (χ0) is 33.4. The van der Waals surface area contributed by atoms with Gasteiger partial charge in [0.25, 0.3) is 0 Å². The molecule has 0 spiro atoms. The van der Waals surface area contributed by atoms with Crippen molar-refractivity contribution in [1.29, 1.82) is 5.26 Å². The molecule has 47 heavy (non-hydrogen) atoms. The molecule has 5 aromatic rings. The molecule has 8 nitrogen and oxygen atoms in total. The summed E-state index contributed by atoms with van der Waals surface area (Å²) in [4.78, 5) is 13.3. The third-order valence-electron chi connectivity index (χ3n) is 7.96. The van der Waals surface area contributed by atoms with Gasteiger partial charge in [-0.05, 0) is 80.8 Å². The van der Waals surface area contributed by atoms with E-state index in [2.05, 4.69) is 6.07 Å². The lowest BCUT2D eigenvalue weighted by atomic mass is 9.83. The Morgan fingerprint density at radius 2 is 1.79 bits per heavy atom. The van der Waals surface area contributed by atoms with Gasteiger partial charge in [-0.2, -0.15) is 5.26 Å². The van der Waals surface area contributed by atoms with Gasteiger partial charge in [-0.1, -0.05) is 47.5 Å². The number of allylic oxidation sites excluding steroid dienone is 1. The van der Waals surface area contributed by atoms with Crippen LogP contribution >= 0.6 is 23.2 Å². The third kappa shape index (κ3) is 6.20. The van der Waals surface area contributed by atoms with Gasteiger partial charge in [-0.3, -0.25) is 0 Å². The molecule has 6 rings (SSSR count). The largest absolute Gasteiger partial charge is 0.490 e. The lowest BCUT2D eigenvalue weighted by molar-refractivity contribution is 0.0702. The molecule has 4 aromatic carbocycles. The molecule has 10 heteroatoms. The van der Waals surface area contributed by atoms with Gasteiger partial charge in [0.15, 0.2) is 11.5 Å². The highest BCUT2D eigenvalue weighted by atomic mass is 35.5. The van der Waals surface area contributed by atoms with E-state index in [-0.39, 0.29) is 29.6 Å². The van der Waals surface area contributed by atoms with Crippen LogP contribution in [0.5, 0.6) is 23.0 Å². The van der Waals surface area contributed by atoms with Crippen LogP contribution in [0.25, 0.3) is 11.0 Å². The molecule has 1 aliphatic heterocycles. The maximum absolute atomic E-state index is 13.3. The minimum atomic E-state index is -0.638. The Kier molecular flexibility index (Phi) is 8.78. The fourth-order valence-corrected chi connectivity index (χ4v) is 6.33. The van der Waals surface area contributed by atoms with Gasteiger partial charge < -0.3 is 29.1 Å². The molecular weight excluding hydrogens is 639 g/mol. The Balaban J connectivity index is 1.30. The second kappa shape index (κ2) is 13.0. The first-order chi connectivity index (χ1) is 22.6. The van der Waals surface area contributed by atoms with Crippen molar-refractivity contribution in [3.8, 4) is 29.1 Å². The standard InChI is InChI=1S/C37H30Cl2N2O6/c1-5-43-31-14-22(7-11-29(31)44-18-23-6-8-24(38)15-28(23)39)34-26-10-9-25(16-30(26)47-36(41)27(34)17-40)45-37(42)35-21(4)33-20(3)12-19(2)13-32(33)46-35/h6-16,34H,5,18,41H2,1-4H3. The number of furan rings is 1. The summed E-state index contributed by atoms with van der Waals surface area (Å²) in [5.41, 5.74) is 12.0. The topological polar surface area (TPSA) is 117 Å².